The summed E-state index contributed by atoms with van der Waals surface area (Å²) in [5.41, 5.74) is 1.71. The molecule has 0 saturated carbocycles. The van der Waals surface area contributed by atoms with E-state index in [9.17, 15) is 9.59 Å². The van der Waals surface area contributed by atoms with Crippen molar-refractivity contribution in [2.75, 3.05) is 13.7 Å². The van der Waals surface area contributed by atoms with Crippen molar-refractivity contribution in [1.29, 1.82) is 0 Å². The molecule has 1 aliphatic rings. The monoisotopic (exact) mass is 320 g/mol. The molecule has 1 heterocycles. The number of carbonyl (C=O) groups is 2. The largest absolute Gasteiger partial charge is 0.466 e. The minimum atomic E-state index is -0.571. The molecule has 2 rings (SSSR count). The number of urea groups is 1. The lowest BCUT2D eigenvalue weighted by molar-refractivity contribution is -0.136. The van der Waals surface area contributed by atoms with Gasteiger partial charge in [0.1, 0.15) is 0 Å². The Labute approximate surface area is 134 Å². The molecule has 1 aliphatic heterocycles. The fourth-order valence-corrected chi connectivity index (χ4v) is 2.54. The number of halogens is 1. The third-order valence-electron chi connectivity index (χ3n) is 3.52. The number of esters is 1. The average molecular weight is 321 g/mol. The maximum absolute atomic E-state index is 12.3. The van der Waals surface area contributed by atoms with Gasteiger partial charge in [-0.15, -0.1) is 6.58 Å². The molecule has 0 aliphatic carbocycles. The lowest BCUT2D eigenvalue weighted by Gasteiger charge is -2.34. The van der Waals surface area contributed by atoms with Gasteiger partial charge in [0.15, 0.2) is 0 Å². The highest BCUT2D eigenvalue weighted by molar-refractivity contribution is 6.30. The highest BCUT2D eigenvalue weighted by Crippen LogP contribution is 2.31. The van der Waals surface area contributed by atoms with Gasteiger partial charge in [-0.3, -0.25) is 4.90 Å². The predicted octanol–water partition coefficient (Wildman–Crippen LogP) is 3.04. The van der Waals surface area contributed by atoms with Crippen molar-refractivity contribution in [1.82, 2.24) is 10.2 Å². The second kappa shape index (κ2) is 6.66. The SMILES string of the molecule is C=CCN1C(=O)N[C@H](c2ccc(Cl)cc2)C(C(=O)OC)=C1C. The van der Waals surface area contributed by atoms with Crippen molar-refractivity contribution < 1.29 is 14.3 Å². The van der Waals surface area contributed by atoms with E-state index >= 15 is 0 Å². The first-order chi connectivity index (χ1) is 10.5. The first-order valence-electron chi connectivity index (χ1n) is 6.73. The molecule has 0 aromatic heterocycles. The molecular formula is C16H17ClN2O3. The van der Waals surface area contributed by atoms with Gasteiger partial charge in [-0.1, -0.05) is 29.8 Å². The van der Waals surface area contributed by atoms with Crippen LogP contribution in [0, 0.1) is 0 Å². The number of benzene rings is 1. The second-order valence-corrected chi connectivity index (χ2v) is 5.26. The fraction of sp³-hybridized carbons (Fsp3) is 0.250. The van der Waals surface area contributed by atoms with Crippen molar-refractivity contribution in [2.24, 2.45) is 0 Å². The van der Waals surface area contributed by atoms with Gasteiger partial charge in [0.05, 0.1) is 18.7 Å². The van der Waals surface area contributed by atoms with Crippen LogP contribution in [0.25, 0.3) is 0 Å². The Balaban J connectivity index is 2.52. The normalized spacial score (nSPS) is 18.0. The van der Waals surface area contributed by atoms with Crippen molar-refractivity contribution in [2.45, 2.75) is 13.0 Å². The Hall–Kier alpha value is -2.27. The number of amides is 2. The van der Waals surface area contributed by atoms with Crippen LogP contribution in [-0.4, -0.2) is 30.6 Å². The van der Waals surface area contributed by atoms with Gasteiger partial charge >= 0.3 is 12.0 Å². The summed E-state index contributed by atoms with van der Waals surface area (Å²) in [5.74, 6) is -0.480. The second-order valence-electron chi connectivity index (χ2n) is 4.82. The van der Waals surface area contributed by atoms with Gasteiger partial charge in [-0.05, 0) is 24.6 Å². The number of carbonyl (C=O) groups excluding carboxylic acids is 2. The number of rotatable bonds is 4. The van der Waals surface area contributed by atoms with Crippen LogP contribution in [0.3, 0.4) is 0 Å². The lowest BCUT2D eigenvalue weighted by atomic mass is 9.95. The first-order valence-corrected chi connectivity index (χ1v) is 7.10. The van der Waals surface area contributed by atoms with Crippen LogP contribution in [0.5, 0.6) is 0 Å². The molecule has 5 nitrogen and oxygen atoms in total. The molecule has 1 aromatic carbocycles. The molecule has 0 unspecified atom stereocenters. The third kappa shape index (κ3) is 2.99. The highest BCUT2D eigenvalue weighted by atomic mass is 35.5. The summed E-state index contributed by atoms with van der Waals surface area (Å²) in [6.07, 6.45) is 1.60. The number of methoxy groups -OCH3 is 1. The summed E-state index contributed by atoms with van der Waals surface area (Å²) in [6.45, 7) is 5.66. The summed E-state index contributed by atoms with van der Waals surface area (Å²) in [4.78, 5) is 25.9. The van der Waals surface area contributed by atoms with Crippen molar-refractivity contribution >= 4 is 23.6 Å². The number of nitrogens with zero attached hydrogens (tertiary/aromatic N) is 1. The van der Waals surface area contributed by atoms with E-state index in [0.717, 1.165) is 5.56 Å². The van der Waals surface area contributed by atoms with Crippen LogP contribution in [-0.2, 0) is 9.53 Å². The summed E-state index contributed by atoms with van der Waals surface area (Å²) in [6, 6.07) is 6.11. The van der Waals surface area contributed by atoms with Crippen LogP contribution in [0.1, 0.15) is 18.5 Å². The number of hydrogen-bond donors (Lipinski definition) is 1. The number of ether oxygens (including phenoxy) is 1. The molecule has 6 heteroatoms. The van der Waals surface area contributed by atoms with Gasteiger partial charge < -0.3 is 10.1 Å². The Morgan fingerprint density at radius 1 is 1.45 bits per heavy atom. The zero-order valence-corrected chi connectivity index (χ0v) is 13.2. The molecule has 1 aromatic rings. The molecule has 0 fully saturated rings. The van der Waals surface area contributed by atoms with E-state index in [1.807, 2.05) is 0 Å². The maximum Gasteiger partial charge on any atom is 0.337 e. The van der Waals surface area contributed by atoms with E-state index in [1.54, 1.807) is 37.3 Å². The Morgan fingerprint density at radius 2 is 2.09 bits per heavy atom. The van der Waals surface area contributed by atoms with Gasteiger partial charge in [0.2, 0.25) is 0 Å². The first kappa shape index (κ1) is 16.1. The molecule has 1 N–H and O–H groups in total. The van der Waals surface area contributed by atoms with Crippen LogP contribution >= 0.6 is 11.6 Å². The predicted molar refractivity (Wildman–Crippen MR) is 84.3 cm³/mol. The summed E-state index contributed by atoms with van der Waals surface area (Å²) in [7, 11) is 1.32. The van der Waals surface area contributed by atoms with Crippen LogP contribution in [0.15, 0.2) is 48.2 Å². The summed E-state index contributed by atoms with van der Waals surface area (Å²) >= 11 is 5.89. The summed E-state index contributed by atoms with van der Waals surface area (Å²) < 4.78 is 4.87. The van der Waals surface area contributed by atoms with Crippen LogP contribution in [0.4, 0.5) is 4.79 Å². The minimum absolute atomic E-state index is 0.287. The van der Waals surface area contributed by atoms with Crippen molar-refractivity contribution in [3.8, 4) is 0 Å². The molecule has 0 bridgehead atoms. The zero-order valence-electron chi connectivity index (χ0n) is 12.4. The third-order valence-corrected chi connectivity index (χ3v) is 3.77. The topological polar surface area (TPSA) is 58.6 Å². The Kier molecular flexibility index (Phi) is 4.88. The number of nitrogens with one attached hydrogen (secondary N) is 1. The van der Waals surface area contributed by atoms with E-state index in [2.05, 4.69) is 11.9 Å². The zero-order chi connectivity index (χ0) is 16.3. The molecule has 0 radical (unpaired) electrons. The quantitative estimate of drug-likeness (QED) is 0.685. The summed E-state index contributed by atoms with van der Waals surface area (Å²) in [5, 5.41) is 3.40. The fourth-order valence-electron chi connectivity index (χ4n) is 2.41. The molecular weight excluding hydrogens is 304 g/mol. The molecule has 2 amide bonds. The van der Waals surface area contributed by atoms with E-state index < -0.39 is 12.0 Å². The average Bonchev–Trinajstić information content (AvgIpc) is 2.51. The Morgan fingerprint density at radius 3 is 2.64 bits per heavy atom. The smallest absolute Gasteiger partial charge is 0.337 e. The molecule has 22 heavy (non-hydrogen) atoms. The van der Waals surface area contributed by atoms with Crippen molar-refractivity contribution in [3.63, 3.8) is 0 Å². The van der Waals surface area contributed by atoms with Gasteiger partial charge in [-0.2, -0.15) is 0 Å². The number of hydrogen-bond acceptors (Lipinski definition) is 3. The molecule has 0 saturated heterocycles. The highest BCUT2D eigenvalue weighted by Gasteiger charge is 2.35. The lowest BCUT2D eigenvalue weighted by Crippen LogP contribution is -2.47. The van der Waals surface area contributed by atoms with Crippen LogP contribution in [0.2, 0.25) is 5.02 Å². The van der Waals surface area contributed by atoms with E-state index in [4.69, 9.17) is 16.3 Å². The molecule has 116 valence electrons. The molecule has 1 atom stereocenters. The van der Waals surface area contributed by atoms with E-state index in [1.165, 1.54) is 12.0 Å². The maximum atomic E-state index is 12.3. The van der Waals surface area contributed by atoms with Gasteiger partial charge in [-0.25, -0.2) is 9.59 Å². The standard InChI is InChI=1S/C16H17ClN2O3/c1-4-9-19-10(2)13(15(20)22-3)14(18-16(19)21)11-5-7-12(17)8-6-11/h4-8,14H,1,9H2,2-3H3,(H,18,21)/t14-/m1/s1. The van der Waals surface area contributed by atoms with E-state index in [0.29, 0.717) is 22.8 Å². The van der Waals surface area contributed by atoms with Gasteiger partial charge in [0.25, 0.3) is 0 Å². The Bertz CT molecular complexity index is 637. The number of allylic oxidation sites excluding steroid dienone is 1. The van der Waals surface area contributed by atoms with Gasteiger partial charge in [0, 0.05) is 17.3 Å². The van der Waals surface area contributed by atoms with Crippen molar-refractivity contribution in [3.05, 3.63) is 58.8 Å². The minimum Gasteiger partial charge on any atom is -0.466 e. The molecule has 0 spiro atoms. The van der Waals surface area contributed by atoms with E-state index in [-0.39, 0.29) is 6.03 Å². The van der Waals surface area contributed by atoms with Crippen LogP contribution < -0.4 is 5.32 Å².